The molecule has 8 nitrogen and oxygen atoms in total. The second-order valence-electron chi connectivity index (χ2n) is 7.19. The summed E-state index contributed by atoms with van der Waals surface area (Å²) in [5, 5.41) is 14.6. The highest BCUT2D eigenvalue weighted by molar-refractivity contribution is 5.91. The quantitative estimate of drug-likeness (QED) is 0.337. The SMILES string of the molecule is CC(C)(C)OCC(=O)NCCOCCOCCNC(=O)/C=C/c1ccc(O)cc1. The smallest absolute Gasteiger partial charge is 0.246 e. The number of carbonyl (C=O) groups excluding carboxylic acids is 2. The van der Waals surface area contributed by atoms with Crippen LogP contribution in [0, 0.1) is 0 Å². The number of hydrogen-bond donors (Lipinski definition) is 3. The van der Waals surface area contributed by atoms with Gasteiger partial charge in [-0.05, 0) is 44.5 Å². The predicted octanol–water partition coefficient (Wildman–Crippen LogP) is 1.49. The molecule has 0 radical (unpaired) electrons. The van der Waals surface area contributed by atoms with Crippen molar-refractivity contribution >= 4 is 17.9 Å². The molecule has 0 bridgehead atoms. The molecule has 2 amide bonds. The topological polar surface area (TPSA) is 106 Å². The molecule has 0 unspecified atom stereocenters. The fourth-order valence-corrected chi connectivity index (χ4v) is 1.98. The lowest BCUT2D eigenvalue weighted by atomic mass is 10.2. The van der Waals surface area contributed by atoms with E-state index in [0.717, 1.165) is 5.56 Å². The van der Waals surface area contributed by atoms with Crippen molar-refractivity contribution in [3.8, 4) is 5.75 Å². The zero-order valence-corrected chi connectivity index (χ0v) is 17.4. The van der Waals surface area contributed by atoms with Crippen molar-refractivity contribution in [3.63, 3.8) is 0 Å². The average molecular weight is 408 g/mol. The lowest BCUT2D eigenvalue weighted by Gasteiger charge is -2.18. The third kappa shape index (κ3) is 14.3. The van der Waals surface area contributed by atoms with Gasteiger partial charge in [0, 0.05) is 19.2 Å². The number of amides is 2. The van der Waals surface area contributed by atoms with E-state index in [4.69, 9.17) is 14.2 Å². The van der Waals surface area contributed by atoms with Gasteiger partial charge in [-0.15, -0.1) is 0 Å². The van der Waals surface area contributed by atoms with Crippen molar-refractivity contribution in [2.24, 2.45) is 0 Å². The minimum atomic E-state index is -0.340. The molecular formula is C21H32N2O6. The van der Waals surface area contributed by atoms with Crippen molar-refractivity contribution in [2.45, 2.75) is 26.4 Å². The van der Waals surface area contributed by atoms with Crippen LogP contribution < -0.4 is 10.6 Å². The summed E-state index contributed by atoms with van der Waals surface area (Å²) in [5.41, 5.74) is 0.484. The molecule has 0 spiro atoms. The van der Waals surface area contributed by atoms with E-state index in [9.17, 15) is 14.7 Å². The number of benzene rings is 1. The van der Waals surface area contributed by atoms with Crippen LogP contribution in [0.15, 0.2) is 30.3 Å². The molecule has 0 aromatic heterocycles. The van der Waals surface area contributed by atoms with Gasteiger partial charge in [-0.3, -0.25) is 9.59 Å². The number of ether oxygens (including phenoxy) is 3. The molecule has 1 aromatic carbocycles. The van der Waals surface area contributed by atoms with Gasteiger partial charge in [0.1, 0.15) is 12.4 Å². The van der Waals surface area contributed by atoms with Gasteiger partial charge < -0.3 is 30.0 Å². The van der Waals surface area contributed by atoms with Crippen LogP contribution in [-0.2, 0) is 23.8 Å². The molecule has 0 heterocycles. The first-order valence-corrected chi connectivity index (χ1v) is 9.57. The second kappa shape index (κ2) is 13.7. The molecular weight excluding hydrogens is 376 g/mol. The van der Waals surface area contributed by atoms with Crippen LogP contribution in [0.4, 0.5) is 0 Å². The highest BCUT2D eigenvalue weighted by Gasteiger charge is 2.12. The Balaban J connectivity index is 1.93. The molecule has 0 aliphatic rings. The van der Waals surface area contributed by atoms with Crippen molar-refractivity contribution in [1.29, 1.82) is 0 Å². The van der Waals surface area contributed by atoms with Gasteiger partial charge >= 0.3 is 0 Å². The maximum absolute atomic E-state index is 11.7. The zero-order valence-electron chi connectivity index (χ0n) is 17.4. The van der Waals surface area contributed by atoms with Crippen LogP contribution in [0.3, 0.4) is 0 Å². The fourth-order valence-electron chi connectivity index (χ4n) is 1.98. The molecule has 0 fully saturated rings. The van der Waals surface area contributed by atoms with Crippen LogP contribution >= 0.6 is 0 Å². The molecule has 0 saturated carbocycles. The van der Waals surface area contributed by atoms with Gasteiger partial charge in [0.25, 0.3) is 0 Å². The zero-order chi connectivity index (χ0) is 21.5. The molecule has 29 heavy (non-hydrogen) atoms. The minimum absolute atomic E-state index is 0.0302. The minimum Gasteiger partial charge on any atom is -0.508 e. The number of nitrogens with one attached hydrogen (secondary N) is 2. The standard InChI is InChI=1S/C21H32N2O6/c1-21(2,3)29-16-20(26)23-11-13-28-15-14-27-12-10-22-19(25)9-6-17-4-7-18(24)8-5-17/h4-9,24H,10-16H2,1-3H3,(H,22,25)(H,23,26)/b9-6+. The number of phenolic OH excluding ortho intramolecular Hbond substituents is 1. The third-order valence-corrected chi connectivity index (χ3v) is 3.44. The van der Waals surface area contributed by atoms with Crippen LogP contribution in [0.1, 0.15) is 26.3 Å². The van der Waals surface area contributed by atoms with Crippen LogP contribution in [-0.4, -0.2) is 68.6 Å². The Morgan fingerprint density at radius 1 is 0.966 bits per heavy atom. The average Bonchev–Trinajstić information content (AvgIpc) is 2.66. The van der Waals surface area contributed by atoms with E-state index in [0.29, 0.717) is 39.5 Å². The number of carbonyl (C=O) groups is 2. The predicted molar refractivity (Wildman–Crippen MR) is 111 cm³/mol. The molecule has 1 rings (SSSR count). The highest BCUT2D eigenvalue weighted by Crippen LogP contribution is 2.10. The number of aromatic hydroxyl groups is 1. The van der Waals surface area contributed by atoms with Gasteiger partial charge in [-0.2, -0.15) is 0 Å². The van der Waals surface area contributed by atoms with Crippen molar-refractivity contribution in [1.82, 2.24) is 10.6 Å². The Labute approximate surface area is 172 Å². The summed E-state index contributed by atoms with van der Waals surface area (Å²) in [6.45, 7) is 8.09. The fraction of sp³-hybridized carbons (Fsp3) is 0.524. The molecule has 0 atom stereocenters. The normalized spacial score (nSPS) is 11.6. The maximum Gasteiger partial charge on any atom is 0.246 e. The summed E-state index contributed by atoms with van der Waals surface area (Å²) < 4.78 is 16.1. The van der Waals surface area contributed by atoms with Gasteiger partial charge in [0.15, 0.2) is 0 Å². The highest BCUT2D eigenvalue weighted by atomic mass is 16.5. The Bertz CT molecular complexity index is 638. The number of phenols is 1. The van der Waals surface area contributed by atoms with E-state index in [1.54, 1.807) is 30.3 Å². The number of hydrogen-bond acceptors (Lipinski definition) is 6. The van der Waals surface area contributed by atoms with Crippen molar-refractivity contribution in [2.75, 3.05) is 46.1 Å². The summed E-state index contributed by atoms with van der Waals surface area (Å²) in [5.74, 6) is -0.206. The van der Waals surface area contributed by atoms with Gasteiger partial charge in [-0.25, -0.2) is 0 Å². The van der Waals surface area contributed by atoms with Crippen LogP contribution in [0.25, 0.3) is 6.08 Å². The summed E-state index contributed by atoms with van der Waals surface area (Å²) in [6, 6.07) is 6.55. The van der Waals surface area contributed by atoms with Crippen LogP contribution in [0.5, 0.6) is 5.75 Å². The van der Waals surface area contributed by atoms with E-state index in [1.165, 1.54) is 6.08 Å². The molecule has 162 valence electrons. The lowest BCUT2D eigenvalue weighted by Crippen LogP contribution is -2.34. The summed E-state index contributed by atoms with van der Waals surface area (Å²) in [6.07, 6.45) is 3.09. The Hall–Kier alpha value is -2.42. The molecule has 0 aliphatic heterocycles. The molecule has 0 saturated heterocycles. The first-order chi connectivity index (χ1) is 13.8. The van der Waals surface area contributed by atoms with Gasteiger partial charge in [0.05, 0.1) is 32.0 Å². The summed E-state index contributed by atoms with van der Waals surface area (Å²) in [7, 11) is 0. The first-order valence-electron chi connectivity index (χ1n) is 9.57. The first kappa shape index (κ1) is 24.6. The van der Waals surface area contributed by atoms with E-state index in [-0.39, 0.29) is 29.8 Å². The second-order valence-corrected chi connectivity index (χ2v) is 7.19. The van der Waals surface area contributed by atoms with Crippen molar-refractivity contribution < 1.29 is 28.9 Å². The summed E-state index contributed by atoms with van der Waals surface area (Å²) in [4.78, 5) is 23.2. The van der Waals surface area contributed by atoms with E-state index in [2.05, 4.69) is 10.6 Å². The number of rotatable bonds is 13. The van der Waals surface area contributed by atoms with Crippen LogP contribution in [0.2, 0.25) is 0 Å². The Morgan fingerprint density at radius 3 is 2.14 bits per heavy atom. The van der Waals surface area contributed by atoms with E-state index >= 15 is 0 Å². The van der Waals surface area contributed by atoms with Gasteiger partial charge in [-0.1, -0.05) is 12.1 Å². The maximum atomic E-state index is 11.7. The molecule has 8 heteroatoms. The Morgan fingerprint density at radius 2 is 1.55 bits per heavy atom. The largest absolute Gasteiger partial charge is 0.508 e. The molecule has 0 aliphatic carbocycles. The molecule has 3 N–H and O–H groups in total. The third-order valence-electron chi connectivity index (χ3n) is 3.44. The lowest BCUT2D eigenvalue weighted by molar-refractivity contribution is -0.130. The van der Waals surface area contributed by atoms with E-state index in [1.807, 2.05) is 20.8 Å². The molecule has 1 aromatic rings. The monoisotopic (exact) mass is 408 g/mol. The van der Waals surface area contributed by atoms with E-state index < -0.39 is 0 Å². The Kier molecular flexibility index (Phi) is 11.6. The summed E-state index contributed by atoms with van der Waals surface area (Å²) >= 11 is 0. The van der Waals surface area contributed by atoms with Crippen molar-refractivity contribution in [3.05, 3.63) is 35.9 Å². The van der Waals surface area contributed by atoms with Gasteiger partial charge in [0.2, 0.25) is 11.8 Å².